The smallest absolute Gasteiger partial charge is 0.416 e. The molecule has 0 radical (unpaired) electrons. The molecule has 0 atom stereocenters. The van der Waals surface area contributed by atoms with Gasteiger partial charge in [0.1, 0.15) is 17.4 Å². The molecule has 192 valence electrons. The molecule has 0 spiro atoms. The van der Waals surface area contributed by atoms with Crippen molar-refractivity contribution in [3.63, 3.8) is 0 Å². The molecule has 8 nitrogen and oxygen atoms in total. The number of aryl methyl sites for hydroxylation is 1. The van der Waals surface area contributed by atoms with Gasteiger partial charge in [-0.1, -0.05) is 17.8 Å². The van der Waals surface area contributed by atoms with E-state index in [4.69, 9.17) is 9.47 Å². The lowest BCUT2D eigenvalue weighted by molar-refractivity contribution is -0.137. The molecule has 2 heterocycles. The van der Waals surface area contributed by atoms with Crippen LogP contribution in [0.5, 0.6) is 5.75 Å². The minimum atomic E-state index is -4.46. The first-order chi connectivity index (χ1) is 17.2. The molecule has 0 unspecified atom stereocenters. The Balaban J connectivity index is 1.38. The molecule has 2 aromatic heterocycles. The maximum Gasteiger partial charge on any atom is 0.416 e. The molecule has 1 aliphatic rings. The number of aromatic nitrogens is 3. The Morgan fingerprint density at radius 2 is 2.06 bits per heavy atom. The van der Waals surface area contributed by atoms with Crippen molar-refractivity contribution in [3.8, 4) is 5.75 Å². The Bertz CT molecular complexity index is 1270. The predicted molar refractivity (Wildman–Crippen MR) is 129 cm³/mol. The van der Waals surface area contributed by atoms with Gasteiger partial charge in [-0.2, -0.15) is 13.2 Å². The second-order valence-corrected chi connectivity index (χ2v) is 9.89. The second-order valence-electron chi connectivity index (χ2n) is 7.85. The molecule has 0 bridgehead atoms. The first-order valence-electron chi connectivity index (χ1n) is 11.1. The minimum absolute atomic E-state index is 0.0236. The maximum atomic E-state index is 12.9. The van der Waals surface area contributed by atoms with Gasteiger partial charge in [0.15, 0.2) is 11.0 Å². The van der Waals surface area contributed by atoms with Crippen LogP contribution in [0.2, 0.25) is 0 Å². The van der Waals surface area contributed by atoms with Gasteiger partial charge in [0.25, 0.3) is 0 Å². The van der Waals surface area contributed by atoms with Crippen molar-refractivity contribution in [1.29, 1.82) is 0 Å². The van der Waals surface area contributed by atoms with Crippen molar-refractivity contribution in [2.45, 2.75) is 50.7 Å². The number of ether oxygens (including phenoxy) is 2. The van der Waals surface area contributed by atoms with E-state index in [1.165, 1.54) is 30.6 Å². The number of halogens is 3. The van der Waals surface area contributed by atoms with Crippen LogP contribution in [0.25, 0.3) is 0 Å². The van der Waals surface area contributed by atoms with E-state index in [1.807, 2.05) is 6.92 Å². The predicted octanol–water partition coefficient (Wildman–Crippen LogP) is 4.96. The van der Waals surface area contributed by atoms with Crippen molar-refractivity contribution in [3.05, 3.63) is 51.7 Å². The molecule has 4 rings (SSSR count). The molecular weight excluding hydrogens is 517 g/mol. The lowest BCUT2D eigenvalue weighted by Crippen LogP contribution is -2.17. The number of alkyl halides is 3. The van der Waals surface area contributed by atoms with Crippen LogP contribution in [0.4, 0.5) is 18.2 Å². The molecule has 0 saturated carbocycles. The van der Waals surface area contributed by atoms with E-state index in [-0.39, 0.29) is 24.0 Å². The number of nitrogens with zero attached hydrogens (tertiary/aromatic N) is 3. The van der Waals surface area contributed by atoms with Crippen LogP contribution in [-0.4, -0.2) is 39.5 Å². The number of methoxy groups -OCH3 is 1. The maximum absolute atomic E-state index is 12.9. The normalized spacial score (nSPS) is 12.9. The number of benzene rings is 1. The molecule has 0 saturated heterocycles. The fraction of sp³-hybridized carbons (Fsp3) is 0.391. The van der Waals surface area contributed by atoms with Crippen LogP contribution in [0.15, 0.2) is 29.4 Å². The molecule has 3 aromatic rings. The number of nitrogens with one attached hydrogen (secondary N) is 1. The lowest BCUT2D eigenvalue weighted by Gasteiger charge is -2.11. The summed E-state index contributed by atoms with van der Waals surface area (Å²) in [6.07, 6.45) is -1.83. The molecule has 0 aliphatic heterocycles. The van der Waals surface area contributed by atoms with Gasteiger partial charge in [0, 0.05) is 11.4 Å². The summed E-state index contributed by atoms with van der Waals surface area (Å²) >= 11 is 2.56. The van der Waals surface area contributed by atoms with Crippen LogP contribution >= 0.6 is 23.1 Å². The summed E-state index contributed by atoms with van der Waals surface area (Å²) in [5.41, 5.74) is 0.579. The largest absolute Gasteiger partial charge is 0.486 e. The Morgan fingerprint density at radius 1 is 1.25 bits per heavy atom. The van der Waals surface area contributed by atoms with Gasteiger partial charge in [0.2, 0.25) is 5.91 Å². The van der Waals surface area contributed by atoms with E-state index in [0.717, 1.165) is 53.6 Å². The van der Waals surface area contributed by atoms with Crippen molar-refractivity contribution in [1.82, 2.24) is 14.8 Å². The third kappa shape index (κ3) is 5.67. The zero-order valence-corrected chi connectivity index (χ0v) is 21.1. The molecule has 36 heavy (non-hydrogen) atoms. The third-order valence-electron chi connectivity index (χ3n) is 5.54. The number of esters is 1. The fourth-order valence-electron chi connectivity index (χ4n) is 3.86. The third-order valence-corrected chi connectivity index (χ3v) is 7.71. The van der Waals surface area contributed by atoms with E-state index in [0.29, 0.717) is 28.1 Å². The highest BCUT2D eigenvalue weighted by Crippen LogP contribution is 2.39. The number of carbonyl (C=O) groups is 2. The number of thiophene rings is 1. The molecule has 13 heteroatoms. The van der Waals surface area contributed by atoms with Gasteiger partial charge in [-0.3, -0.25) is 4.79 Å². The first-order valence-corrected chi connectivity index (χ1v) is 12.9. The number of thioether (sulfide) groups is 1. The van der Waals surface area contributed by atoms with Crippen LogP contribution < -0.4 is 10.1 Å². The van der Waals surface area contributed by atoms with Crippen molar-refractivity contribution >= 4 is 40.0 Å². The monoisotopic (exact) mass is 540 g/mol. The van der Waals surface area contributed by atoms with Crippen LogP contribution in [0, 0.1) is 0 Å². The lowest BCUT2D eigenvalue weighted by atomic mass is 10.1. The summed E-state index contributed by atoms with van der Waals surface area (Å²) < 4.78 is 50.9. The summed E-state index contributed by atoms with van der Waals surface area (Å²) in [5, 5.41) is 11.9. The Morgan fingerprint density at radius 3 is 2.78 bits per heavy atom. The van der Waals surface area contributed by atoms with E-state index < -0.39 is 17.7 Å². The quantitative estimate of drug-likeness (QED) is 0.303. The van der Waals surface area contributed by atoms with Crippen molar-refractivity contribution < 1.29 is 32.2 Å². The average Bonchev–Trinajstić information content (AvgIpc) is 3.54. The molecule has 1 amide bonds. The number of hydrogen-bond donors (Lipinski definition) is 1. The SMILES string of the molecule is CCn1c(COc2cccc(C(F)(F)F)c2)nnc1SCC(=O)Nc1sc2c(c1C(=O)OC)CCC2. The number of hydrogen-bond acceptors (Lipinski definition) is 8. The zero-order chi connectivity index (χ0) is 25.9. The Kier molecular flexibility index (Phi) is 7.88. The molecule has 1 N–H and O–H groups in total. The van der Waals surface area contributed by atoms with Crippen LogP contribution in [0.3, 0.4) is 0 Å². The summed E-state index contributed by atoms with van der Waals surface area (Å²) in [6.45, 7) is 2.25. The number of carbonyl (C=O) groups excluding carboxylic acids is 2. The molecule has 1 aliphatic carbocycles. The molecule has 1 aromatic carbocycles. The Hall–Kier alpha value is -3.06. The van der Waals surface area contributed by atoms with E-state index in [9.17, 15) is 22.8 Å². The van der Waals surface area contributed by atoms with Crippen molar-refractivity contribution in [2.75, 3.05) is 18.2 Å². The number of fused-ring (bicyclic) bond motifs is 1. The van der Waals surface area contributed by atoms with Gasteiger partial charge in [-0.25, -0.2) is 4.79 Å². The minimum Gasteiger partial charge on any atom is -0.486 e. The second kappa shape index (κ2) is 10.9. The highest BCUT2D eigenvalue weighted by atomic mass is 32.2. The van der Waals surface area contributed by atoms with Gasteiger partial charge in [-0.15, -0.1) is 21.5 Å². The topological polar surface area (TPSA) is 95.3 Å². The van der Waals surface area contributed by atoms with Crippen LogP contribution in [0.1, 0.15) is 45.5 Å². The summed E-state index contributed by atoms with van der Waals surface area (Å²) in [5.74, 6) is -0.268. The van der Waals surface area contributed by atoms with E-state index >= 15 is 0 Å². The van der Waals surface area contributed by atoms with E-state index in [1.54, 1.807) is 4.57 Å². The summed E-state index contributed by atoms with van der Waals surface area (Å²) in [4.78, 5) is 26.0. The summed E-state index contributed by atoms with van der Waals surface area (Å²) in [6, 6.07) is 4.61. The standard InChI is InChI=1S/C23H23F3N4O4S2/c1-3-30-17(11-34-14-7-4-6-13(10-14)23(24,25)26)28-29-22(30)35-12-18(31)27-20-19(21(32)33-2)15-8-5-9-16(15)36-20/h4,6-7,10H,3,5,8-9,11-12H2,1-2H3,(H,27,31). The average molecular weight is 541 g/mol. The molecular formula is C23H23F3N4O4S2. The van der Waals surface area contributed by atoms with Crippen LogP contribution in [-0.2, 0) is 41.7 Å². The zero-order valence-electron chi connectivity index (χ0n) is 19.5. The highest BCUT2D eigenvalue weighted by molar-refractivity contribution is 7.99. The van der Waals surface area contributed by atoms with Gasteiger partial charge in [-0.05, 0) is 49.9 Å². The van der Waals surface area contributed by atoms with Gasteiger partial charge >= 0.3 is 12.1 Å². The number of anilines is 1. The Labute approximate surface area is 213 Å². The van der Waals surface area contributed by atoms with E-state index in [2.05, 4.69) is 15.5 Å². The van der Waals surface area contributed by atoms with Gasteiger partial charge in [0.05, 0.1) is 24.0 Å². The number of rotatable bonds is 9. The highest BCUT2D eigenvalue weighted by Gasteiger charge is 2.31. The van der Waals surface area contributed by atoms with Crippen molar-refractivity contribution in [2.24, 2.45) is 0 Å². The van der Waals surface area contributed by atoms with Gasteiger partial charge < -0.3 is 19.4 Å². The first kappa shape index (κ1) is 26.0. The number of amides is 1. The molecule has 0 fully saturated rings. The fourth-order valence-corrected chi connectivity index (χ4v) is 5.98. The summed E-state index contributed by atoms with van der Waals surface area (Å²) in [7, 11) is 1.31.